The van der Waals surface area contributed by atoms with Gasteiger partial charge in [0, 0.05) is 10.9 Å². The molecule has 0 fully saturated rings. The minimum atomic E-state index is -4.53. The molecule has 4 rings (SSSR count). The fourth-order valence-electron chi connectivity index (χ4n) is 3.59. The summed E-state index contributed by atoms with van der Waals surface area (Å²) >= 11 is 0. The number of fused-ring (bicyclic) bond motifs is 1. The highest BCUT2D eigenvalue weighted by molar-refractivity contribution is 6.04. The van der Waals surface area contributed by atoms with E-state index in [1.54, 1.807) is 0 Å². The number of carbonyl (C=O) groups excluding carboxylic acids is 1. The van der Waals surface area contributed by atoms with E-state index in [1.807, 2.05) is 55.5 Å². The van der Waals surface area contributed by atoms with Crippen molar-refractivity contribution in [2.75, 3.05) is 13.7 Å². The highest BCUT2D eigenvalue weighted by Gasteiger charge is 2.31. The highest BCUT2D eigenvalue weighted by atomic mass is 19.4. The van der Waals surface area contributed by atoms with Crippen LogP contribution in [-0.4, -0.2) is 24.7 Å². The van der Waals surface area contributed by atoms with Crippen molar-refractivity contribution in [1.29, 1.82) is 0 Å². The summed E-state index contributed by atoms with van der Waals surface area (Å²) in [4.78, 5) is 16.8. The van der Waals surface area contributed by atoms with Gasteiger partial charge in [0.25, 0.3) is 0 Å². The molecular formula is C26H20F3NO3. The number of rotatable bonds is 5. The van der Waals surface area contributed by atoms with E-state index >= 15 is 0 Å². The molecule has 7 heteroatoms. The van der Waals surface area contributed by atoms with E-state index in [0.29, 0.717) is 17.9 Å². The quantitative estimate of drug-likeness (QED) is 0.314. The molecule has 0 aliphatic rings. The van der Waals surface area contributed by atoms with Gasteiger partial charge in [-0.2, -0.15) is 13.2 Å². The number of carbonyl (C=O) groups is 1. The van der Waals surface area contributed by atoms with Crippen molar-refractivity contribution in [2.24, 2.45) is 0 Å². The van der Waals surface area contributed by atoms with Gasteiger partial charge in [-0.3, -0.25) is 0 Å². The molecule has 0 aliphatic carbocycles. The summed E-state index contributed by atoms with van der Waals surface area (Å²) in [6, 6.07) is 19.8. The number of nitrogens with zero attached hydrogens (tertiary/aromatic N) is 1. The average molecular weight is 451 g/mol. The van der Waals surface area contributed by atoms with Gasteiger partial charge in [0.1, 0.15) is 5.75 Å². The Bertz CT molecular complexity index is 1310. The highest BCUT2D eigenvalue weighted by Crippen LogP contribution is 2.34. The lowest BCUT2D eigenvalue weighted by Gasteiger charge is -2.12. The number of esters is 1. The van der Waals surface area contributed by atoms with Gasteiger partial charge in [0.15, 0.2) is 0 Å². The maximum Gasteiger partial charge on any atom is 0.416 e. The van der Waals surface area contributed by atoms with E-state index in [4.69, 9.17) is 9.47 Å². The summed E-state index contributed by atoms with van der Waals surface area (Å²) in [6.07, 6.45) is -4.53. The van der Waals surface area contributed by atoms with Crippen molar-refractivity contribution in [3.8, 4) is 28.1 Å². The molecule has 1 heterocycles. The molecular weight excluding hydrogens is 431 g/mol. The third-order valence-electron chi connectivity index (χ3n) is 5.20. The second kappa shape index (κ2) is 8.94. The number of aromatic nitrogens is 1. The summed E-state index contributed by atoms with van der Waals surface area (Å²) < 4.78 is 49.9. The molecule has 168 valence electrons. The summed E-state index contributed by atoms with van der Waals surface area (Å²) in [5.74, 6) is 0.0450. The smallest absolute Gasteiger partial charge is 0.416 e. The van der Waals surface area contributed by atoms with E-state index in [0.717, 1.165) is 29.0 Å². The van der Waals surface area contributed by atoms with Gasteiger partial charge >= 0.3 is 12.1 Å². The van der Waals surface area contributed by atoms with Gasteiger partial charge in [0.05, 0.1) is 36.1 Å². The average Bonchev–Trinajstić information content (AvgIpc) is 2.82. The maximum absolute atomic E-state index is 13.2. The Morgan fingerprint density at radius 3 is 2.30 bits per heavy atom. The van der Waals surface area contributed by atoms with E-state index in [2.05, 4.69) is 4.98 Å². The molecule has 0 amide bonds. The third-order valence-corrected chi connectivity index (χ3v) is 5.20. The van der Waals surface area contributed by atoms with Crippen LogP contribution in [0.25, 0.3) is 33.3 Å². The topological polar surface area (TPSA) is 48.4 Å². The van der Waals surface area contributed by atoms with E-state index in [-0.39, 0.29) is 16.5 Å². The van der Waals surface area contributed by atoms with Crippen LogP contribution in [0.5, 0.6) is 5.75 Å². The first-order valence-corrected chi connectivity index (χ1v) is 10.2. The van der Waals surface area contributed by atoms with Crippen LogP contribution in [-0.2, 0) is 10.9 Å². The molecule has 3 aromatic carbocycles. The Morgan fingerprint density at radius 2 is 1.64 bits per heavy atom. The molecule has 0 saturated carbocycles. The first-order chi connectivity index (χ1) is 15.8. The number of pyridine rings is 1. The fourth-order valence-corrected chi connectivity index (χ4v) is 3.59. The van der Waals surface area contributed by atoms with Crippen molar-refractivity contribution in [2.45, 2.75) is 13.1 Å². The first kappa shape index (κ1) is 22.3. The minimum Gasteiger partial charge on any atom is -0.494 e. The normalized spacial score (nSPS) is 11.4. The number of alkyl halides is 3. The predicted molar refractivity (Wildman–Crippen MR) is 120 cm³/mol. The van der Waals surface area contributed by atoms with Crippen LogP contribution >= 0.6 is 0 Å². The molecule has 33 heavy (non-hydrogen) atoms. The van der Waals surface area contributed by atoms with Crippen LogP contribution < -0.4 is 4.74 Å². The number of halogens is 3. The molecule has 0 atom stereocenters. The van der Waals surface area contributed by atoms with Gasteiger partial charge < -0.3 is 9.47 Å². The second-order valence-electron chi connectivity index (χ2n) is 7.31. The lowest BCUT2D eigenvalue weighted by molar-refractivity contribution is -0.137. The lowest BCUT2D eigenvalue weighted by Crippen LogP contribution is -2.07. The third kappa shape index (κ3) is 4.67. The molecule has 0 N–H and O–H groups in total. The molecule has 0 unspecified atom stereocenters. The Hall–Kier alpha value is -3.87. The van der Waals surface area contributed by atoms with E-state index in [1.165, 1.54) is 19.2 Å². The monoisotopic (exact) mass is 451 g/mol. The molecule has 0 aliphatic heterocycles. The van der Waals surface area contributed by atoms with Crippen molar-refractivity contribution in [3.05, 3.63) is 83.9 Å². The summed E-state index contributed by atoms with van der Waals surface area (Å²) in [7, 11) is 1.19. The zero-order valence-corrected chi connectivity index (χ0v) is 17.9. The standard InChI is InChI=1S/C26H20F3NO3/c1-3-33-20-6-4-5-18(13-20)16-7-9-17(10-8-16)24-15-22(25(31)32-2)21-14-19(26(27,28)29)11-12-23(21)30-24/h4-15H,3H2,1-2H3. The van der Waals surface area contributed by atoms with Crippen LogP contribution in [0.3, 0.4) is 0 Å². The van der Waals surface area contributed by atoms with Crippen molar-refractivity contribution in [1.82, 2.24) is 4.98 Å². The largest absolute Gasteiger partial charge is 0.494 e. The van der Waals surface area contributed by atoms with E-state index < -0.39 is 17.7 Å². The van der Waals surface area contributed by atoms with Gasteiger partial charge in [-0.1, -0.05) is 36.4 Å². The molecule has 0 saturated heterocycles. The Labute approximate surface area is 188 Å². The van der Waals surface area contributed by atoms with Crippen LogP contribution in [0.4, 0.5) is 13.2 Å². The van der Waals surface area contributed by atoms with Gasteiger partial charge in [0.2, 0.25) is 0 Å². The molecule has 0 radical (unpaired) electrons. The van der Waals surface area contributed by atoms with Crippen molar-refractivity contribution >= 4 is 16.9 Å². The van der Waals surface area contributed by atoms with Crippen LogP contribution in [0.15, 0.2) is 72.8 Å². The summed E-state index contributed by atoms with van der Waals surface area (Å²) in [6.45, 7) is 2.49. The van der Waals surface area contributed by atoms with Crippen LogP contribution in [0.1, 0.15) is 22.8 Å². The number of ether oxygens (including phenoxy) is 2. The minimum absolute atomic E-state index is 0.0251. The Morgan fingerprint density at radius 1 is 0.909 bits per heavy atom. The number of benzene rings is 3. The van der Waals surface area contributed by atoms with Gasteiger partial charge in [-0.05, 0) is 54.4 Å². The van der Waals surface area contributed by atoms with Crippen molar-refractivity contribution < 1.29 is 27.4 Å². The first-order valence-electron chi connectivity index (χ1n) is 10.2. The van der Waals surface area contributed by atoms with E-state index in [9.17, 15) is 18.0 Å². The number of hydrogen-bond donors (Lipinski definition) is 0. The zero-order chi connectivity index (χ0) is 23.6. The van der Waals surface area contributed by atoms with Gasteiger partial charge in [-0.25, -0.2) is 9.78 Å². The Kier molecular flexibility index (Phi) is 6.05. The molecule has 0 bridgehead atoms. The lowest BCUT2D eigenvalue weighted by atomic mass is 9.99. The molecule has 1 aromatic heterocycles. The molecule has 4 aromatic rings. The number of hydrogen-bond acceptors (Lipinski definition) is 4. The fraction of sp³-hybridized carbons (Fsp3) is 0.154. The summed E-state index contributed by atoms with van der Waals surface area (Å²) in [5, 5.41) is 0.0878. The SMILES string of the molecule is CCOc1cccc(-c2ccc(-c3cc(C(=O)OC)c4cc(C(F)(F)F)ccc4n3)cc2)c1. The second-order valence-corrected chi connectivity index (χ2v) is 7.31. The maximum atomic E-state index is 13.2. The Balaban J connectivity index is 1.76. The summed E-state index contributed by atoms with van der Waals surface area (Å²) in [5.41, 5.74) is 2.56. The van der Waals surface area contributed by atoms with Crippen molar-refractivity contribution in [3.63, 3.8) is 0 Å². The number of methoxy groups -OCH3 is 1. The molecule has 4 nitrogen and oxygen atoms in total. The van der Waals surface area contributed by atoms with Crippen LogP contribution in [0.2, 0.25) is 0 Å². The molecule has 0 spiro atoms. The van der Waals surface area contributed by atoms with Gasteiger partial charge in [-0.15, -0.1) is 0 Å². The van der Waals surface area contributed by atoms with Crippen LogP contribution in [0, 0.1) is 0 Å². The zero-order valence-electron chi connectivity index (χ0n) is 17.9. The predicted octanol–water partition coefficient (Wildman–Crippen LogP) is 6.77.